The molecule has 0 spiro atoms. The fourth-order valence-electron chi connectivity index (χ4n) is 5.04. The van der Waals surface area contributed by atoms with Gasteiger partial charge < -0.3 is 15.0 Å². The molecule has 0 saturated carbocycles. The number of rotatable bonds is 14. The van der Waals surface area contributed by atoms with Gasteiger partial charge in [-0.05, 0) is 67.8 Å². The van der Waals surface area contributed by atoms with Crippen molar-refractivity contribution in [3.05, 3.63) is 125 Å². The zero-order valence-corrected chi connectivity index (χ0v) is 27.1. The molecule has 2 amide bonds. The molecule has 236 valence electrons. The van der Waals surface area contributed by atoms with Gasteiger partial charge in [-0.1, -0.05) is 84.8 Å². The first-order chi connectivity index (χ1) is 21.6. The fourth-order valence-corrected chi connectivity index (χ4v) is 6.46. The monoisotopic (exact) mass is 627 g/mol. The maximum atomic E-state index is 14.5. The minimum Gasteiger partial charge on any atom is -0.497 e. The topological polar surface area (TPSA) is 96.0 Å². The normalized spacial score (nSPS) is 11.8. The van der Waals surface area contributed by atoms with E-state index in [2.05, 4.69) is 5.32 Å². The van der Waals surface area contributed by atoms with Gasteiger partial charge in [-0.15, -0.1) is 0 Å². The Morgan fingerprint density at radius 3 is 2.11 bits per heavy atom. The molecule has 0 fully saturated rings. The molecule has 45 heavy (non-hydrogen) atoms. The van der Waals surface area contributed by atoms with Crippen LogP contribution in [-0.4, -0.2) is 51.4 Å². The molecule has 4 rings (SSSR count). The number of nitrogens with zero attached hydrogens (tertiary/aromatic N) is 2. The smallest absolute Gasteiger partial charge is 0.264 e. The van der Waals surface area contributed by atoms with E-state index in [1.54, 1.807) is 36.4 Å². The molecule has 9 heteroatoms. The summed E-state index contributed by atoms with van der Waals surface area (Å²) in [6.07, 6.45) is 1.00. The molecule has 0 radical (unpaired) electrons. The van der Waals surface area contributed by atoms with Crippen LogP contribution in [0.25, 0.3) is 0 Å². The first-order valence-electron chi connectivity index (χ1n) is 15.0. The molecule has 0 aromatic heterocycles. The van der Waals surface area contributed by atoms with Crippen molar-refractivity contribution in [1.82, 2.24) is 10.2 Å². The second-order valence-electron chi connectivity index (χ2n) is 11.0. The lowest BCUT2D eigenvalue weighted by Gasteiger charge is -2.34. The largest absolute Gasteiger partial charge is 0.497 e. The Morgan fingerprint density at radius 1 is 0.822 bits per heavy atom. The van der Waals surface area contributed by atoms with Crippen molar-refractivity contribution in [2.75, 3.05) is 24.5 Å². The van der Waals surface area contributed by atoms with Gasteiger partial charge in [0.2, 0.25) is 11.8 Å². The zero-order valence-electron chi connectivity index (χ0n) is 26.3. The standard InChI is InChI=1S/C36H41N3O5S/c1-5-22-37-36(41)34(24-29-11-7-6-8-12-29)38(25-30-13-9-10-28(3)23-30)35(40)26-39(31-16-14-27(2)15-17-31)45(42,43)33-20-18-32(44-4)19-21-33/h6-21,23,34H,5,22,24-26H2,1-4H3,(H,37,41)/t34-/m1/s1. The minimum absolute atomic E-state index is 0.0171. The van der Waals surface area contributed by atoms with Gasteiger partial charge in [0, 0.05) is 19.5 Å². The molecule has 8 nitrogen and oxygen atoms in total. The van der Waals surface area contributed by atoms with Crippen molar-refractivity contribution in [1.29, 1.82) is 0 Å². The van der Waals surface area contributed by atoms with E-state index in [9.17, 15) is 18.0 Å². The van der Waals surface area contributed by atoms with Gasteiger partial charge in [-0.3, -0.25) is 13.9 Å². The van der Waals surface area contributed by atoms with E-state index in [0.717, 1.165) is 33.0 Å². The Bertz CT molecular complexity index is 1670. The van der Waals surface area contributed by atoms with Gasteiger partial charge in [-0.25, -0.2) is 8.42 Å². The Labute approximate surface area is 266 Å². The first-order valence-corrected chi connectivity index (χ1v) is 16.5. The van der Waals surface area contributed by atoms with E-state index >= 15 is 0 Å². The molecule has 1 N–H and O–H groups in total. The Balaban J connectivity index is 1.79. The third kappa shape index (κ3) is 8.73. The van der Waals surface area contributed by atoms with E-state index in [1.807, 2.05) is 75.4 Å². The van der Waals surface area contributed by atoms with Crippen LogP contribution in [-0.2, 0) is 32.6 Å². The number of anilines is 1. The predicted molar refractivity (Wildman–Crippen MR) is 178 cm³/mol. The number of hydrogen-bond acceptors (Lipinski definition) is 5. The summed E-state index contributed by atoms with van der Waals surface area (Å²) in [5.74, 6) is -0.276. The molecule has 0 unspecified atom stereocenters. The Morgan fingerprint density at radius 2 is 1.49 bits per heavy atom. The summed E-state index contributed by atoms with van der Waals surface area (Å²) in [6.45, 7) is 5.91. The summed E-state index contributed by atoms with van der Waals surface area (Å²) >= 11 is 0. The molecule has 0 aliphatic carbocycles. The summed E-state index contributed by atoms with van der Waals surface area (Å²) in [7, 11) is -2.68. The highest BCUT2D eigenvalue weighted by Gasteiger charge is 2.34. The first kappa shape index (κ1) is 33.3. The number of aryl methyl sites for hydroxylation is 2. The van der Waals surface area contributed by atoms with Gasteiger partial charge in [0.1, 0.15) is 18.3 Å². The van der Waals surface area contributed by atoms with Crippen LogP contribution in [0, 0.1) is 13.8 Å². The maximum absolute atomic E-state index is 14.5. The maximum Gasteiger partial charge on any atom is 0.264 e. The average Bonchev–Trinajstić information content (AvgIpc) is 3.05. The SMILES string of the molecule is CCCNC(=O)[C@@H](Cc1ccccc1)N(Cc1cccc(C)c1)C(=O)CN(c1ccc(C)cc1)S(=O)(=O)c1ccc(OC)cc1. The molecular weight excluding hydrogens is 586 g/mol. The molecule has 0 bridgehead atoms. The zero-order chi connectivity index (χ0) is 32.4. The Hall–Kier alpha value is -4.63. The van der Waals surface area contributed by atoms with Crippen molar-refractivity contribution in [2.45, 2.75) is 51.1 Å². The lowest BCUT2D eigenvalue weighted by molar-refractivity contribution is -0.140. The molecule has 0 aliphatic rings. The molecule has 4 aromatic rings. The number of benzene rings is 4. The molecular formula is C36H41N3O5S. The number of carbonyl (C=O) groups is 2. The van der Waals surface area contributed by atoms with Crippen LogP contribution in [0.5, 0.6) is 5.75 Å². The number of amides is 2. The Kier molecular flexibility index (Phi) is 11.4. The lowest BCUT2D eigenvalue weighted by atomic mass is 10.0. The van der Waals surface area contributed by atoms with E-state index in [0.29, 0.717) is 18.0 Å². The summed E-state index contributed by atoms with van der Waals surface area (Å²) in [4.78, 5) is 29.8. The minimum atomic E-state index is -4.19. The highest BCUT2D eigenvalue weighted by atomic mass is 32.2. The number of hydrogen-bond donors (Lipinski definition) is 1. The van der Waals surface area contributed by atoms with Gasteiger partial charge in [0.15, 0.2) is 0 Å². The summed E-state index contributed by atoms with van der Waals surface area (Å²) in [6, 6.07) is 29.4. The number of nitrogens with one attached hydrogen (secondary N) is 1. The van der Waals surface area contributed by atoms with E-state index in [1.165, 1.54) is 24.1 Å². The van der Waals surface area contributed by atoms with Crippen LogP contribution in [0.15, 0.2) is 108 Å². The van der Waals surface area contributed by atoms with Crippen LogP contribution in [0.2, 0.25) is 0 Å². The van der Waals surface area contributed by atoms with E-state index < -0.39 is 28.5 Å². The highest BCUT2D eigenvalue weighted by molar-refractivity contribution is 7.92. The summed E-state index contributed by atoms with van der Waals surface area (Å²) in [5.41, 5.74) is 4.03. The number of methoxy groups -OCH3 is 1. The fraction of sp³-hybridized carbons (Fsp3) is 0.278. The van der Waals surface area contributed by atoms with Crippen molar-refractivity contribution >= 4 is 27.5 Å². The van der Waals surface area contributed by atoms with E-state index in [4.69, 9.17) is 4.74 Å². The molecule has 0 saturated heterocycles. The third-order valence-electron chi connectivity index (χ3n) is 7.50. The lowest BCUT2D eigenvalue weighted by Crippen LogP contribution is -2.53. The molecule has 0 heterocycles. The third-order valence-corrected chi connectivity index (χ3v) is 9.29. The van der Waals surface area contributed by atoms with Crippen molar-refractivity contribution in [2.24, 2.45) is 0 Å². The highest BCUT2D eigenvalue weighted by Crippen LogP contribution is 2.27. The second kappa shape index (κ2) is 15.4. The number of sulfonamides is 1. The van der Waals surface area contributed by atoms with E-state index in [-0.39, 0.29) is 23.8 Å². The van der Waals surface area contributed by atoms with Crippen LogP contribution in [0.3, 0.4) is 0 Å². The number of carbonyl (C=O) groups excluding carboxylic acids is 2. The number of ether oxygens (including phenoxy) is 1. The van der Waals surface area contributed by atoms with Crippen LogP contribution < -0.4 is 14.4 Å². The van der Waals surface area contributed by atoms with Crippen LogP contribution in [0.1, 0.15) is 35.6 Å². The summed E-state index contributed by atoms with van der Waals surface area (Å²) < 4.78 is 34.6. The van der Waals surface area contributed by atoms with Crippen LogP contribution >= 0.6 is 0 Å². The van der Waals surface area contributed by atoms with Gasteiger partial charge in [-0.2, -0.15) is 0 Å². The second-order valence-corrected chi connectivity index (χ2v) is 12.9. The average molecular weight is 628 g/mol. The van der Waals surface area contributed by atoms with Crippen molar-refractivity contribution in [3.8, 4) is 5.75 Å². The molecule has 1 atom stereocenters. The summed E-state index contributed by atoms with van der Waals surface area (Å²) in [5, 5.41) is 2.97. The van der Waals surface area contributed by atoms with Crippen LogP contribution in [0.4, 0.5) is 5.69 Å². The van der Waals surface area contributed by atoms with Gasteiger partial charge in [0.05, 0.1) is 17.7 Å². The quantitative estimate of drug-likeness (QED) is 0.194. The molecule has 0 aliphatic heterocycles. The van der Waals surface area contributed by atoms with Gasteiger partial charge >= 0.3 is 0 Å². The van der Waals surface area contributed by atoms with Crippen molar-refractivity contribution in [3.63, 3.8) is 0 Å². The van der Waals surface area contributed by atoms with Gasteiger partial charge in [0.25, 0.3) is 10.0 Å². The predicted octanol–water partition coefficient (Wildman–Crippen LogP) is 5.67. The van der Waals surface area contributed by atoms with Crippen molar-refractivity contribution < 1.29 is 22.7 Å². The molecule has 4 aromatic carbocycles.